The molecule has 18 heavy (non-hydrogen) atoms. The highest BCUT2D eigenvalue weighted by atomic mass is 32.1. The van der Waals surface area contributed by atoms with Gasteiger partial charge in [-0.3, -0.25) is 4.68 Å². The van der Waals surface area contributed by atoms with Crippen LogP contribution in [0.5, 0.6) is 0 Å². The molecule has 0 aliphatic rings. The molecular weight excluding hydrogens is 244 g/mol. The summed E-state index contributed by atoms with van der Waals surface area (Å²) in [6.07, 6.45) is 2.55. The molecule has 0 bridgehead atoms. The Morgan fingerprint density at radius 3 is 3.00 bits per heavy atom. The van der Waals surface area contributed by atoms with Crippen molar-refractivity contribution in [1.29, 1.82) is 0 Å². The Bertz CT molecular complexity index is 696. The Balaban J connectivity index is 2.29. The van der Waals surface area contributed by atoms with E-state index in [0.29, 0.717) is 6.54 Å². The van der Waals surface area contributed by atoms with Gasteiger partial charge in [-0.2, -0.15) is 5.10 Å². The minimum absolute atomic E-state index is 0.382. The fraction of sp³-hybridized carbons (Fsp3) is 0.357. The minimum Gasteiger partial charge on any atom is -0.391 e. The Hall–Kier alpha value is -1.39. The van der Waals surface area contributed by atoms with Gasteiger partial charge in [0.2, 0.25) is 0 Å². The van der Waals surface area contributed by atoms with E-state index in [-0.39, 0.29) is 6.10 Å². The van der Waals surface area contributed by atoms with Crippen molar-refractivity contribution in [2.45, 2.75) is 32.9 Å². The van der Waals surface area contributed by atoms with E-state index < -0.39 is 0 Å². The molecule has 0 fully saturated rings. The molecule has 0 saturated heterocycles. The highest BCUT2D eigenvalue weighted by Gasteiger charge is 2.11. The number of thiophene rings is 1. The van der Waals surface area contributed by atoms with Crippen molar-refractivity contribution in [2.75, 3.05) is 0 Å². The highest BCUT2D eigenvalue weighted by Crippen LogP contribution is 2.32. The van der Waals surface area contributed by atoms with Crippen molar-refractivity contribution in [3.05, 3.63) is 29.3 Å². The van der Waals surface area contributed by atoms with E-state index in [9.17, 15) is 5.11 Å². The number of benzene rings is 1. The van der Waals surface area contributed by atoms with Crippen LogP contribution < -0.4 is 0 Å². The molecule has 0 unspecified atom stereocenters. The average Bonchev–Trinajstić information content (AvgIpc) is 2.91. The summed E-state index contributed by atoms with van der Waals surface area (Å²) in [5.74, 6) is 0. The van der Waals surface area contributed by atoms with Crippen LogP contribution in [0, 0.1) is 0 Å². The van der Waals surface area contributed by atoms with Crippen molar-refractivity contribution in [3.63, 3.8) is 0 Å². The van der Waals surface area contributed by atoms with Gasteiger partial charge in [0, 0.05) is 20.3 Å². The molecule has 0 aliphatic heterocycles. The smallest absolute Gasteiger partial charge is 0.0770 e. The third kappa shape index (κ3) is 1.82. The summed E-state index contributed by atoms with van der Waals surface area (Å²) in [7, 11) is 0. The number of hydrogen-bond acceptors (Lipinski definition) is 3. The summed E-state index contributed by atoms with van der Waals surface area (Å²) in [6, 6.07) is 6.53. The van der Waals surface area contributed by atoms with Crippen LogP contribution in [0.4, 0.5) is 0 Å². The highest BCUT2D eigenvalue weighted by molar-refractivity contribution is 7.19. The maximum atomic E-state index is 9.55. The number of nitrogens with zero attached hydrogens (tertiary/aromatic N) is 2. The van der Waals surface area contributed by atoms with Gasteiger partial charge in [-0.25, -0.2) is 0 Å². The fourth-order valence-corrected chi connectivity index (χ4v) is 3.32. The zero-order chi connectivity index (χ0) is 12.7. The molecule has 0 saturated carbocycles. The molecule has 3 rings (SSSR count). The lowest BCUT2D eigenvalue weighted by atomic mass is 10.2. The molecule has 1 aromatic carbocycles. The van der Waals surface area contributed by atoms with Crippen LogP contribution in [0.2, 0.25) is 0 Å². The maximum absolute atomic E-state index is 9.55. The largest absolute Gasteiger partial charge is 0.391 e. The van der Waals surface area contributed by atoms with Crippen LogP contribution in [-0.2, 0) is 13.0 Å². The van der Waals surface area contributed by atoms with E-state index in [0.717, 1.165) is 17.3 Å². The van der Waals surface area contributed by atoms with Crippen LogP contribution >= 0.6 is 11.3 Å². The standard InChI is InChI=1S/C14H16N2OS/c1-3-11-6-12-13(18-11)5-4-10-7-15-16(14(10)12)8-9(2)17/h4-7,9,17H,3,8H2,1-2H3/t9-/m1/s1. The van der Waals surface area contributed by atoms with Gasteiger partial charge < -0.3 is 5.11 Å². The van der Waals surface area contributed by atoms with E-state index in [1.54, 1.807) is 6.92 Å². The van der Waals surface area contributed by atoms with Gasteiger partial charge in [0.05, 0.1) is 24.4 Å². The van der Waals surface area contributed by atoms with Crippen molar-refractivity contribution < 1.29 is 5.11 Å². The molecule has 1 atom stereocenters. The topological polar surface area (TPSA) is 38.0 Å². The molecule has 0 aliphatic carbocycles. The number of aliphatic hydroxyl groups excluding tert-OH is 1. The van der Waals surface area contributed by atoms with Crippen LogP contribution in [0.1, 0.15) is 18.7 Å². The van der Waals surface area contributed by atoms with Gasteiger partial charge in [0.15, 0.2) is 0 Å². The van der Waals surface area contributed by atoms with Crippen LogP contribution in [0.15, 0.2) is 24.4 Å². The number of rotatable bonds is 3. The molecule has 94 valence electrons. The van der Waals surface area contributed by atoms with Gasteiger partial charge in [-0.15, -0.1) is 11.3 Å². The second-order valence-corrected chi connectivity index (χ2v) is 5.83. The summed E-state index contributed by atoms with van der Waals surface area (Å²) in [4.78, 5) is 1.39. The average molecular weight is 260 g/mol. The normalized spacial score (nSPS) is 13.5. The summed E-state index contributed by atoms with van der Waals surface area (Å²) in [6.45, 7) is 4.51. The molecule has 0 radical (unpaired) electrons. The number of hydrogen-bond donors (Lipinski definition) is 1. The van der Waals surface area contributed by atoms with Gasteiger partial charge in [-0.05, 0) is 31.5 Å². The van der Waals surface area contributed by atoms with Crippen molar-refractivity contribution in [3.8, 4) is 0 Å². The molecule has 1 N–H and O–H groups in total. The lowest BCUT2D eigenvalue weighted by Crippen LogP contribution is -2.12. The summed E-state index contributed by atoms with van der Waals surface area (Å²) in [5, 5.41) is 16.3. The molecule has 3 nitrogen and oxygen atoms in total. The minimum atomic E-state index is -0.382. The molecule has 4 heteroatoms. The van der Waals surface area contributed by atoms with Crippen LogP contribution in [-0.4, -0.2) is 21.0 Å². The zero-order valence-electron chi connectivity index (χ0n) is 10.6. The predicted molar refractivity (Wildman–Crippen MR) is 76.2 cm³/mol. The van der Waals surface area contributed by atoms with Crippen molar-refractivity contribution in [1.82, 2.24) is 9.78 Å². The van der Waals surface area contributed by atoms with E-state index in [1.165, 1.54) is 15.0 Å². The first-order valence-electron chi connectivity index (χ1n) is 6.24. The molecule has 0 spiro atoms. The second-order valence-electron chi connectivity index (χ2n) is 4.66. The van der Waals surface area contributed by atoms with Crippen molar-refractivity contribution in [2.24, 2.45) is 0 Å². The number of aliphatic hydroxyl groups is 1. The first kappa shape index (κ1) is 11.7. The third-order valence-corrected chi connectivity index (χ3v) is 4.38. The van der Waals surface area contributed by atoms with Crippen LogP contribution in [0.25, 0.3) is 21.0 Å². The predicted octanol–water partition coefficient (Wildman–Crippen LogP) is 3.19. The van der Waals surface area contributed by atoms with Gasteiger partial charge in [0.25, 0.3) is 0 Å². The fourth-order valence-electron chi connectivity index (χ4n) is 2.31. The molecule has 2 heterocycles. The maximum Gasteiger partial charge on any atom is 0.0770 e. The van der Waals surface area contributed by atoms with E-state index >= 15 is 0 Å². The van der Waals surface area contributed by atoms with Crippen molar-refractivity contribution >= 4 is 32.3 Å². The first-order chi connectivity index (χ1) is 8.69. The summed E-state index contributed by atoms with van der Waals surface area (Å²) < 4.78 is 3.21. The summed E-state index contributed by atoms with van der Waals surface area (Å²) in [5.41, 5.74) is 1.14. The zero-order valence-corrected chi connectivity index (χ0v) is 11.4. The molecule has 0 amide bonds. The Morgan fingerprint density at radius 2 is 2.28 bits per heavy atom. The lowest BCUT2D eigenvalue weighted by molar-refractivity contribution is 0.170. The SMILES string of the molecule is CCc1cc2c(ccc3cnn(C[C@@H](C)O)c32)s1. The molecule has 3 aromatic rings. The van der Waals surface area contributed by atoms with Gasteiger partial charge in [0.1, 0.15) is 0 Å². The Kier molecular flexibility index (Phi) is 2.84. The number of fused-ring (bicyclic) bond motifs is 3. The second kappa shape index (κ2) is 4.37. The monoisotopic (exact) mass is 260 g/mol. The Labute approximate surface area is 110 Å². The van der Waals surface area contributed by atoms with E-state index in [1.807, 2.05) is 22.2 Å². The Morgan fingerprint density at radius 1 is 1.44 bits per heavy atom. The van der Waals surface area contributed by atoms with E-state index in [2.05, 4.69) is 30.2 Å². The molecular formula is C14H16N2OS. The first-order valence-corrected chi connectivity index (χ1v) is 7.05. The summed E-state index contributed by atoms with van der Waals surface area (Å²) >= 11 is 1.84. The number of aryl methyl sites for hydroxylation is 1. The quantitative estimate of drug-likeness (QED) is 0.785. The third-order valence-electron chi connectivity index (χ3n) is 3.13. The lowest BCUT2D eigenvalue weighted by Gasteiger charge is -2.06. The molecule has 2 aromatic heterocycles. The van der Waals surface area contributed by atoms with Gasteiger partial charge >= 0.3 is 0 Å². The number of aromatic nitrogens is 2. The van der Waals surface area contributed by atoms with Gasteiger partial charge in [-0.1, -0.05) is 6.92 Å². The van der Waals surface area contributed by atoms with Crippen LogP contribution in [0.3, 0.4) is 0 Å². The van der Waals surface area contributed by atoms with E-state index in [4.69, 9.17) is 0 Å².